The summed E-state index contributed by atoms with van der Waals surface area (Å²) in [5, 5.41) is 4.59. The molecule has 0 radical (unpaired) electrons. The fraction of sp³-hybridized carbons (Fsp3) is 0.756. The second kappa shape index (κ2) is 14.0. The lowest BCUT2D eigenvalue weighted by molar-refractivity contribution is -0.706. The van der Waals surface area contributed by atoms with E-state index in [1.54, 1.807) is 19.1 Å². The van der Waals surface area contributed by atoms with E-state index in [2.05, 4.69) is 35.6 Å². The third-order valence-corrected chi connectivity index (χ3v) is 18.4. The standard InChI is InChI=1S/C41H56N4O7S2/c1-5-20(2)39(49)52-40(3)11-10-22-19-53-54-31-14-26-28(46)8-7-27-35(37(26)43-4)38(31)45(27)33(47)13-24-18-44-32(42)15-25(24)36(22)41(40)17-23-12-21-6-9-34(48)50-29(21)16-30(23)51-41/h5,7-8,10,21,23-27,29-32,35-38,43-44H,6,9,11-19,42H2,1-4H3/p+2/t21?,23?,24?,25?,26-,27-,29?,30?,31+,32?,35+,36+,37-,38+,40-,41-/m0/s1. The van der Waals surface area contributed by atoms with Crippen LogP contribution >= 0.6 is 21.6 Å². The Bertz CT molecular complexity index is 1690. The molecule has 5 saturated heterocycles. The number of fused-ring (bicyclic) bond motifs is 8. The number of ether oxygens (including phenoxy) is 3. The Balaban J connectivity index is 1.13. The highest BCUT2D eigenvalue weighted by Gasteiger charge is 2.69. The van der Waals surface area contributed by atoms with Crippen LogP contribution in [0.15, 0.2) is 35.5 Å². The highest BCUT2D eigenvalue weighted by atomic mass is 33.1. The molecule has 0 aromatic carbocycles. The predicted octanol–water partition coefficient (Wildman–Crippen LogP) is 2.01. The van der Waals surface area contributed by atoms with Crippen LogP contribution in [0.5, 0.6) is 0 Å². The normalized spacial score (nSPS) is 48.4. The second-order valence-corrected chi connectivity index (χ2v) is 20.7. The first-order chi connectivity index (χ1) is 25.9. The van der Waals surface area contributed by atoms with E-state index < -0.39 is 11.2 Å². The molecule has 11 nitrogen and oxygen atoms in total. The fourth-order valence-corrected chi connectivity index (χ4v) is 15.9. The van der Waals surface area contributed by atoms with Crippen LogP contribution in [0.3, 0.4) is 0 Å². The Morgan fingerprint density at radius 1 is 1.15 bits per heavy atom. The number of nitrogens with two attached hydrogens (primary N) is 3. The smallest absolute Gasteiger partial charge is 0.334 e. The van der Waals surface area contributed by atoms with E-state index in [0.29, 0.717) is 37.2 Å². The molecule has 5 aliphatic heterocycles. The number of rotatable bonds is 3. The average molecular weight is 783 g/mol. The van der Waals surface area contributed by atoms with Crippen molar-refractivity contribution in [1.29, 1.82) is 0 Å². The topological polar surface area (TPSA) is 158 Å². The van der Waals surface area contributed by atoms with Crippen molar-refractivity contribution >= 4 is 45.2 Å². The Morgan fingerprint density at radius 3 is 2.78 bits per heavy atom. The Morgan fingerprint density at radius 2 is 1.98 bits per heavy atom. The van der Waals surface area contributed by atoms with Crippen LogP contribution in [0.25, 0.3) is 0 Å². The molecule has 4 aliphatic carbocycles. The molecule has 16 atom stereocenters. The van der Waals surface area contributed by atoms with Crippen LogP contribution in [0, 0.1) is 41.4 Å². The molecule has 7 fully saturated rings. The molecule has 9 rings (SSSR count). The maximum atomic E-state index is 14.8. The van der Waals surface area contributed by atoms with Crippen molar-refractivity contribution in [3.8, 4) is 0 Å². The number of carbonyl (C=O) groups excluding carboxylic acids is 4. The van der Waals surface area contributed by atoms with Crippen LogP contribution < -0.4 is 16.4 Å². The van der Waals surface area contributed by atoms with Gasteiger partial charge in [-0.15, -0.1) is 0 Å². The summed E-state index contributed by atoms with van der Waals surface area (Å²) in [4.78, 5) is 56.7. The summed E-state index contributed by atoms with van der Waals surface area (Å²) in [6, 6.07) is 0.234. The van der Waals surface area contributed by atoms with Gasteiger partial charge in [-0.3, -0.25) is 20.1 Å². The number of hydrogen-bond donors (Lipinski definition) is 3. The summed E-state index contributed by atoms with van der Waals surface area (Å²) in [6.07, 6.45) is 13.6. The molecule has 2 saturated carbocycles. The number of quaternary nitrogens is 2. The molecule has 0 aromatic rings. The third-order valence-electron chi connectivity index (χ3n) is 15.6. The molecule has 54 heavy (non-hydrogen) atoms. The SMILES string of the molecule is CC=C(C)C(=O)O[C@@]1(C)CC=C2CSS[C@@H]3C[C@H]4C(=O)C=C[C@H]5[C@H]([C@H]4[NH2+]C)[C@@H]3N5C(=O)CC3C[NH2+]C(N)CC3[C@@H]2[C@@]12CC1CC3CCC(=O)OC3CC1O2. The van der Waals surface area contributed by atoms with Gasteiger partial charge >= 0.3 is 11.9 Å². The van der Waals surface area contributed by atoms with Gasteiger partial charge in [-0.1, -0.05) is 45.4 Å². The van der Waals surface area contributed by atoms with Gasteiger partial charge in [0.05, 0.1) is 43.6 Å². The number of nitrogens with zero attached hydrogens (tertiary/aromatic N) is 1. The van der Waals surface area contributed by atoms with Crippen molar-refractivity contribution in [3.05, 3.63) is 35.5 Å². The number of esters is 2. The van der Waals surface area contributed by atoms with Crippen molar-refractivity contribution in [3.63, 3.8) is 0 Å². The molecular formula is C41H58N4O7S2+2. The quantitative estimate of drug-likeness (QED) is 0.168. The van der Waals surface area contributed by atoms with E-state index in [9.17, 15) is 19.2 Å². The van der Waals surface area contributed by atoms with Gasteiger partial charge in [-0.25, -0.2) is 4.79 Å². The summed E-state index contributed by atoms with van der Waals surface area (Å²) >= 11 is 0. The summed E-state index contributed by atoms with van der Waals surface area (Å²) in [6.45, 7) is 6.47. The van der Waals surface area contributed by atoms with Gasteiger partial charge in [0, 0.05) is 60.5 Å². The maximum absolute atomic E-state index is 14.8. The van der Waals surface area contributed by atoms with Gasteiger partial charge in [0.2, 0.25) is 5.91 Å². The first-order valence-corrected chi connectivity index (χ1v) is 23.0. The minimum Gasteiger partial charge on any atom is -0.462 e. The van der Waals surface area contributed by atoms with Gasteiger partial charge in [-0.05, 0) is 70.3 Å². The molecule has 6 N–H and O–H groups in total. The molecule has 9 aliphatic rings. The number of hydrogen-bond acceptors (Lipinski definition) is 10. The Hall–Kier alpha value is -2.16. The number of carbonyl (C=O) groups is 4. The fourth-order valence-electron chi connectivity index (χ4n) is 12.8. The Kier molecular flexibility index (Phi) is 9.73. The van der Waals surface area contributed by atoms with E-state index in [0.717, 1.165) is 44.4 Å². The monoisotopic (exact) mass is 782 g/mol. The summed E-state index contributed by atoms with van der Waals surface area (Å²) in [5.41, 5.74) is 6.89. The summed E-state index contributed by atoms with van der Waals surface area (Å²) in [5.74, 6) is 1.40. The van der Waals surface area contributed by atoms with Gasteiger partial charge in [-0.2, -0.15) is 0 Å². The van der Waals surface area contributed by atoms with Crippen molar-refractivity contribution in [2.24, 2.45) is 47.2 Å². The number of piperidine rings is 1. The van der Waals surface area contributed by atoms with Crippen LogP contribution in [0.4, 0.5) is 0 Å². The zero-order valence-corrected chi connectivity index (χ0v) is 33.7. The third kappa shape index (κ3) is 5.83. The molecule has 0 aromatic heterocycles. The van der Waals surface area contributed by atoms with Gasteiger partial charge < -0.3 is 29.7 Å². The van der Waals surface area contributed by atoms with Crippen LogP contribution in [0.2, 0.25) is 0 Å². The van der Waals surface area contributed by atoms with Gasteiger partial charge in [0.25, 0.3) is 0 Å². The molecule has 5 heterocycles. The van der Waals surface area contributed by atoms with Crippen molar-refractivity contribution < 1.29 is 44.0 Å². The van der Waals surface area contributed by atoms with Gasteiger partial charge in [0.15, 0.2) is 5.78 Å². The molecular weight excluding hydrogens is 725 g/mol. The first-order valence-electron chi connectivity index (χ1n) is 20.6. The minimum absolute atomic E-state index is 0.0261. The average Bonchev–Trinajstić information content (AvgIpc) is 3.50. The van der Waals surface area contributed by atoms with E-state index >= 15 is 0 Å². The molecule has 294 valence electrons. The minimum atomic E-state index is -0.969. The lowest BCUT2D eigenvalue weighted by Crippen LogP contribution is -2.96. The van der Waals surface area contributed by atoms with Crippen LogP contribution in [-0.2, 0) is 33.4 Å². The highest BCUT2D eigenvalue weighted by molar-refractivity contribution is 8.77. The number of allylic oxidation sites excluding steroid dienone is 2. The number of amides is 1. The molecule has 1 amide bonds. The lowest BCUT2D eigenvalue weighted by atomic mass is 9.56. The Labute approximate surface area is 326 Å². The zero-order valence-electron chi connectivity index (χ0n) is 32.0. The lowest BCUT2D eigenvalue weighted by Gasteiger charge is -2.61. The van der Waals surface area contributed by atoms with E-state index in [-0.39, 0.29) is 101 Å². The molecule has 13 heteroatoms. The number of ketones is 1. The predicted molar refractivity (Wildman–Crippen MR) is 204 cm³/mol. The molecule has 2 bridgehead atoms. The van der Waals surface area contributed by atoms with E-state index in [4.69, 9.17) is 19.9 Å². The van der Waals surface area contributed by atoms with Crippen LogP contribution in [0.1, 0.15) is 78.6 Å². The van der Waals surface area contributed by atoms with Gasteiger partial charge in [0.1, 0.15) is 29.5 Å². The maximum Gasteiger partial charge on any atom is 0.334 e. The molecule has 7 unspecified atom stereocenters. The van der Waals surface area contributed by atoms with Crippen LogP contribution in [-0.4, -0.2) is 101 Å². The largest absolute Gasteiger partial charge is 0.462 e. The van der Waals surface area contributed by atoms with Crippen molar-refractivity contribution in [2.75, 3.05) is 19.3 Å². The summed E-state index contributed by atoms with van der Waals surface area (Å²) in [7, 11) is 5.80. The zero-order chi connectivity index (χ0) is 37.7. The summed E-state index contributed by atoms with van der Waals surface area (Å²) < 4.78 is 20.2. The van der Waals surface area contributed by atoms with Crippen molar-refractivity contribution in [1.82, 2.24) is 4.90 Å². The van der Waals surface area contributed by atoms with E-state index in [1.807, 2.05) is 34.6 Å². The first kappa shape index (κ1) is 37.4. The highest BCUT2D eigenvalue weighted by Crippen LogP contribution is 2.62. The van der Waals surface area contributed by atoms with Crippen molar-refractivity contribution in [2.45, 2.75) is 132 Å². The van der Waals surface area contributed by atoms with E-state index in [1.165, 1.54) is 5.57 Å². The second-order valence-electron chi connectivity index (χ2n) is 18.1. The molecule has 1 spiro atoms.